The molecule has 2 aromatic carbocycles. The molecule has 3 heterocycles. The van der Waals surface area contributed by atoms with Crippen LogP contribution in [0.5, 0.6) is 0 Å². The van der Waals surface area contributed by atoms with Gasteiger partial charge in [-0.3, -0.25) is 9.59 Å². The summed E-state index contributed by atoms with van der Waals surface area (Å²) in [6, 6.07) is 16.4. The predicted molar refractivity (Wildman–Crippen MR) is 116 cm³/mol. The van der Waals surface area contributed by atoms with Gasteiger partial charge in [0.2, 0.25) is 5.76 Å². The first-order chi connectivity index (χ1) is 14.6. The molecule has 4 aromatic rings. The van der Waals surface area contributed by atoms with Gasteiger partial charge in [0.25, 0.3) is 5.91 Å². The number of benzene rings is 2. The van der Waals surface area contributed by atoms with Gasteiger partial charge < -0.3 is 13.7 Å². The summed E-state index contributed by atoms with van der Waals surface area (Å²) in [6.07, 6.45) is 3.58. The van der Waals surface area contributed by atoms with Crippen LogP contribution in [0.2, 0.25) is 0 Å². The fraction of sp³-hybridized carbons (Fsp3) is 0.167. The van der Waals surface area contributed by atoms with Crippen LogP contribution in [0.15, 0.2) is 79.4 Å². The summed E-state index contributed by atoms with van der Waals surface area (Å²) in [6.45, 7) is 2.18. The summed E-state index contributed by atoms with van der Waals surface area (Å²) in [5.41, 5.74) is 2.48. The van der Waals surface area contributed by atoms with Crippen LogP contribution in [-0.4, -0.2) is 17.1 Å². The van der Waals surface area contributed by atoms with Crippen LogP contribution in [-0.2, 0) is 6.54 Å². The molecule has 150 valence electrons. The van der Waals surface area contributed by atoms with E-state index in [0.717, 1.165) is 16.0 Å². The summed E-state index contributed by atoms with van der Waals surface area (Å²) in [4.78, 5) is 29.6. The molecule has 1 unspecified atom stereocenters. The number of thioether (sulfide) groups is 1. The number of hydrogen-bond donors (Lipinski definition) is 0. The van der Waals surface area contributed by atoms with E-state index in [1.807, 2.05) is 55.6 Å². The third-order valence-corrected chi connectivity index (χ3v) is 6.20. The maximum absolute atomic E-state index is 13.5. The summed E-state index contributed by atoms with van der Waals surface area (Å²) in [5.74, 6) is 0.455. The molecule has 2 aromatic heterocycles. The summed E-state index contributed by atoms with van der Waals surface area (Å²) in [7, 11) is 0. The Kier molecular flexibility index (Phi) is 4.51. The minimum Gasteiger partial charge on any atom is -0.467 e. The minimum absolute atomic E-state index is 0.113. The van der Waals surface area contributed by atoms with Gasteiger partial charge in [0.15, 0.2) is 5.43 Å². The van der Waals surface area contributed by atoms with E-state index in [-0.39, 0.29) is 23.6 Å². The molecule has 1 atom stereocenters. The molecule has 0 fully saturated rings. The first kappa shape index (κ1) is 18.8. The number of carbonyl (C=O) groups excluding carboxylic acids is 1. The highest BCUT2D eigenvalue weighted by molar-refractivity contribution is 7.98. The molecule has 0 saturated carbocycles. The molecule has 6 heteroatoms. The van der Waals surface area contributed by atoms with Gasteiger partial charge in [-0.1, -0.05) is 23.8 Å². The number of hydrogen-bond acceptors (Lipinski definition) is 5. The summed E-state index contributed by atoms with van der Waals surface area (Å²) in [5, 5.41) is 0.493. The van der Waals surface area contributed by atoms with Crippen LogP contribution in [0.1, 0.15) is 39.0 Å². The molecule has 5 rings (SSSR count). The van der Waals surface area contributed by atoms with E-state index in [9.17, 15) is 9.59 Å². The zero-order valence-electron chi connectivity index (χ0n) is 16.5. The van der Waals surface area contributed by atoms with Crippen molar-refractivity contribution < 1.29 is 13.6 Å². The number of aryl methyl sites for hydroxylation is 1. The average molecular weight is 417 g/mol. The molecule has 0 spiro atoms. The van der Waals surface area contributed by atoms with Gasteiger partial charge in [-0.25, -0.2) is 0 Å². The lowest BCUT2D eigenvalue weighted by atomic mass is 9.98. The molecular formula is C24H19NO4S. The summed E-state index contributed by atoms with van der Waals surface area (Å²) < 4.78 is 11.5. The van der Waals surface area contributed by atoms with E-state index in [1.165, 1.54) is 0 Å². The second-order valence-electron chi connectivity index (χ2n) is 7.36. The quantitative estimate of drug-likeness (QED) is 0.429. The Morgan fingerprint density at radius 1 is 1.07 bits per heavy atom. The average Bonchev–Trinajstić information content (AvgIpc) is 3.37. The molecule has 5 nitrogen and oxygen atoms in total. The predicted octanol–water partition coefficient (Wildman–Crippen LogP) is 5.16. The smallest absolute Gasteiger partial charge is 0.291 e. The van der Waals surface area contributed by atoms with Crippen LogP contribution in [0.3, 0.4) is 0 Å². The van der Waals surface area contributed by atoms with Crippen LogP contribution in [0, 0.1) is 6.92 Å². The molecule has 0 saturated heterocycles. The van der Waals surface area contributed by atoms with Gasteiger partial charge in [0, 0.05) is 4.90 Å². The molecule has 0 bridgehead atoms. The highest BCUT2D eigenvalue weighted by atomic mass is 32.2. The number of rotatable bonds is 4. The van der Waals surface area contributed by atoms with E-state index in [0.29, 0.717) is 22.3 Å². The van der Waals surface area contributed by atoms with E-state index in [4.69, 9.17) is 8.83 Å². The fourth-order valence-corrected chi connectivity index (χ4v) is 4.41. The maximum Gasteiger partial charge on any atom is 0.291 e. The normalized spacial score (nSPS) is 15.7. The molecule has 1 amide bonds. The molecular weight excluding hydrogens is 398 g/mol. The Bertz CT molecular complexity index is 1310. The molecule has 1 aliphatic rings. The third kappa shape index (κ3) is 2.95. The Morgan fingerprint density at radius 3 is 2.57 bits per heavy atom. The highest BCUT2D eigenvalue weighted by Gasteiger charge is 2.43. The summed E-state index contributed by atoms with van der Waals surface area (Å²) >= 11 is 1.64. The Balaban J connectivity index is 1.73. The van der Waals surface area contributed by atoms with Crippen molar-refractivity contribution in [1.82, 2.24) is 4.90 Å². The van der Waals surface area contributed by atoms with Crippen molar-refractivity contribution >= 4 is 28.6 Å². The van der Waals surface area contributed by atoms with Crippen LogP contribution >= 0.6 is 11.8 Å². The van der Waals surface area contributed by atoms with Gasteiger partial charge in [-0.2, -0.15) is 0 Å². The van der Waals surface area contributed by atoms with Crippen molar-refractivity contribution in [2.75, 3.05) is 6.26 Å². The second kappa shape index (κ2) is 7.22. The SMILES string of the molecule is CSc1ccc(C2c3c(oc4ccc(C)cc4c3=O)C(=O)N2Cc2ccco2)cc1. The van der Waals surface area contributed by atoms with Crippen molar-refractivity contribution in [3.63, 3.8) is 0 Å². The van der Waals surface area contributed by atoms with Crippen molar-refractivity contribution in [2.24, 2.45) is 0 Å². The number of fused-ring (bicyclic) bond motifs is 2. The lowest BCUT2D eigenvalue weighted by Crippen LogP contribution is -2.29. The number of carbonyl (C=O) groups is 1. The largest absolute Gasteiger partial charge is 0.467 e. The topological polar surface area (TPSA) is 63.7 Å². The second-order valence-corrected chi connectivity index (χ2v) is 8.24. The Hall–Kier alpha value is -3.25. The van der Waals surface area contributed by atoms with Crippen LogP contribution < -0.4 is 5.43 Å². The van der Waals surface area contributed by atoms with Crippen molar-refractivity contribution in [3.05, 3.63) is 99.3 Å². The first-order valence-electron chi connectivity index (χ1n) is 9.61. The Labute approximate surface area is 177 Å². The van der Waals surface area contributed by atoms with Crippen LogP contribution in [0.4, 0.5) is 0 Å². The minimum atomic E-state index is -0.533. The standard InChI is InChI=1S/C24H19NO4S/c1-14-5-10-19-18(12-14)22(26)20-21(15-6-8-17(30-2)9-7-15)25(24(27)23(20)29-19)13-16-4-3-11-28-16/h3-12,21H,13H2,1-2H3. The van der Waals surface area contributed by atoms with E-state index in [2.05, 4.69) is 0 Å². The molecule has 0 N–H and O–H groups in total. The van der Waals surface area contributed by atoms with E-state index < -0.39 is 6.04 Å². The zero-order valence-corrected chi connectivity index (χ0v) is 17.4. The molecule has 0 aliphatic carbocycles. The highest BCUT2D eigenvalue weighted by Crippen LogP contribution is 2.39. The monoisotopic (exact) mass is 417 g/mol. The zero-order chi connectivity index (χ0) is 20.8. The van der Waals surface area contributed by atoms with E-state index in [1.54, 1.807) is 35.1 Å². The van der Waals surface area contributed by atoms with Gasteiger partial charge in [0.1, 0.15) is 11.3 Å². The lowest BCUT2D eigenvalue weighted by molar-refractivity contribution is 0.0701. The first-order valence-corrected chi connectivity index (χ1v) is 10.8. The molecule has 1 aliphatic heterocycles. The van der Waals surface area contributed by atoms with Crippen molar-refractivity contribution in [1.29, 1.82) is 0 Å². The molecule has 30 heavy (non-hydrogen) atoms. The number of amides is 1. The number of nitrogens with zero attached hydrogens (tertiary/aromatic N) is 1. The van der Waals surface area contributed by atoms with Gasteiger partial charge in [-0.15, -0.1) is 11.8 Å². The van der Waals surface area contributed by atoms with Gasteiger partial charge >= 0.3 is 0 Å². The van der Waals surface area contributed by atoms with Crippen LogP contribution in [0.25, 0.3) is 11.0 Å². The van der Waals surface area contributed by atoms with Gasteiger partial charge in [0.05, 0.1) is 29.8 Å². The van der Waals surface area contributed by atoms with Crippen molar-refractivity contribution in [3.8, 4) is 0 Å². The van der Waals surface area contributed by atoms with Crippen molar-refractivity contribution in [2.45, 2.75) is 24.4 Å². The van der Waals surface area contributed by atoms with Gasteiger partial charge in [-0.05, 0) is 55.1 Å². The maximum atomic E-state index is 13.5. The van der Waals surface area contributed by atoms with E-state index >= 15 is 0 Å². The third-order valence-electron chi connectivity index (χ3n) is 5.46. The lowest BCUT2D eigenvalue weighted by Gasteiger charge is -2.24. The number of furan rings is 1. The fourth-order valence-electron chi connectivity index (χ4n) is 4.00. The molecule has 0 radical (unpaired) electrons. The Morgan fingerprint density at radius 2 is 1.87 bits per heavy atom.